The molecule has 0 atom stereocenters. The summed E-state index contributed by atoms with van der Waals surface area (Å²) >= 11 is 0. The van der Waals surface area contributed by atoms with Gasteiger partial charge >= 0.3 is 0 Å². The minimum absolute atomic E-state index is 0.877. The molecule has 0 aromatic heterocycles. The third kappa shape index (κ3) is 7.06. The van der Waals surface area contributed by atoms with E-state index in [1.165, 1.54) is 64.2 Å². The topological polar surface area (TPSA) is 26.0 Å². The molecule has 1 nitrogen and oxygen atoms in total. The van der Waals surface area contributed by atoms with Crippen molar-refractivity contribution in [2.45, 2.75) is 64.2 Å². The molecule has 78 valence electrons. The lowest BCUT2D eigenvalue weighted by Gasteiger charge is -2.00. The van der Waals surface area contributed by atoms with Crippen LogP contribution in [0.1, 0.15) is 64.2 Å². The highest BCUT2D eigenvalue weighted by molar-refractivity contribution is 4.72. The van der Waals surface area contributed by atoms with Crippen molar-refractivity contribution >= 4 is 0 Å². The summed E-state index contributed by atoms with van der Waals surface area (Å²) in [5, 5.41) is 0. The zero-order chi connectivity index (χ0) is 9.36. The van der Waals surface area contributed by atoms with Gasteiger partial charge in [-0.3, -0.25) is 0 Å². The average Bonchev–Trinajstić information content (AvgIpc) is 2.93. The Morgan fingerprint density at radius 1 is 0.769 bits per heavy atom. The molecule has 0 radical (unpaired) electrons. The largest absolute Gasteiger partial charge is 0.330 e. The Kier molecular flexibility index (Phi) is 6.26. The van der Waals surface area contributed by atoms with E-state index in [0.29, 0.717) is 0 Å². The first kappa shape index (κ1) is 11.0. The summed E-state index contributed by atoms with van der Waals surface area (Å²) in [7, 11) is 0. The van der Waals surface area contributed by atoms with Crippen LogP contribution >= 0.6 is 0 Å². The van der Waals surface area contributed by atoms with E-state index >= 15 is 0 Å². The SMILES string of the molecule is NCCCCCCCCCC1CC1. The van der Waals surface area contributed by atoms with Crippen LogP contribution in [0.5, 0.6) is 0 Å². The van der Waals surface area contributed by atoms with Gasteiger partial charge in [0.1, 0.15) is 0 Å². The predicted molar refractivity (Wildman–Crippen MR) is 58.7 cm³/mol. The Morgan fingerprint density at radius 2 is 1.31 bits per heavy atom. The molecule has 1 fully saturated rings. The summed E-state index contributed by atoms with van der Waals surface area (Å²) in [6.45, 7) is 0.877. The second kappa shape index (κ2) is 7.37. The third-order valence-electron chi connectivity index (χ3n) is 3.01. The molecule has 0 spiro atoms. The van der Waals surface area contributed by atoms with Crippen LogP contribution < -0.4 is 5.73 Å². The fourth-order valence-corrected chi connectivity index (χ4v) is 1.87. The number of hydrogen-bond donors (Lipinski definition) is 1. The summed E-state index contributed by atoms with van der Waals surface area (Å²) in [6, 6.07) is 0. The number of rotatable bonds is 9. The first-order valence-corrected chi connectivity index (χ1v) is 6.13. The molecule has 2 N–H and O–H groups in total. The molecule has 1 heteroatoms. The molecule has 0 saturated heterocycles. The standard InChI is InChI=1S/C12H25N/c13-11-7-5-3-1-2-4-6-8-12-9-10-12/h12H,1-11,13H2. The molecule has 0 aromatic carbocycles. The van der Waals surface area contributed by atoms with E-state index in [4.69, 9.17) is 5.73 Å². The Labute approximate surface area is 83.1 Å². The van der Waals surface area contributed by atoms with Gasteiger partial charge in [0, 0.05) is 0 Å². The molecule has 0 unspecified atom stereocenters. The molecule has 0 heterocycles. The van der Waals surface area contributed by atoms with Gasteiger partial charge in [-0.2, -0.15) is 0 Å². The maximum Gasteiger partial charge on any atom is -0.00773 e. The third-order valence-corrected chi connectivity index (χ3v) is 3.01. The lowest BCUT2D eigenvalue weighted by molar-refractivity contribution is 0.554. The predicted octanol–water partition coefficient (Wildman–Crippen LogP) is 3.48. The molecule has 0 amide bonds. The van der Waals surface area contributed by atoms with Gasteiger partial charge in [-0.15, -0.1) is 0 Å². The first-order valence-electron chi connectivity index (χ1n) is 6.13. The molecule has 1 rings (SSSR count). The highest BCUT2D eigenvalue weighted by Gasteiger charge is 2.19. The van der Waals surface area contributed by atoms with Crippen LogP contribution in [0.25, 0.3) is 0 Å². The summed E-state index contributed by atoms with van der Waals surface area (Å²) in [6.07, 6.45) is 14.4. The summed E-state index contributed by atoms with van der Waals surface area (Å²) < 4.78 is 0. The Hall–Kier alpha value is -0.0400. The van der Waals surface area contributed by atoms with E-state index in [1.54, 1.807) is 0 Å². The van der Waals surface area contributed by atoms with Gasteiger partial charge in [-0.1, -0.05) is 57.8 Å². The van der Waals surface area contributed by atoms with Gasteiger partial charge in [-0.25, -0.2) is 0 Å². The molecule has 1 aliphatic carbocycles. The number of hydrogen-bond acceptors (Lipinski definition) is 1. The van der Waals surface area contributed by atoms with E-state index in [2.05, 4.69) is 0 Å². The summed E-state index contributed by atoms with van der Waals surface area (Å²) in [4.78, 5) is 0. The Balaban J connectivity index is 1.63. The maximum absolute atomic E-state index is 5.43. The van der Waals surface area contributed by atoms with Gasteiger partial charge in [0.05, 0.1) is 0 Å². The van der Waals surface area contributed by atoms with Crippen molar-refractivity contribution in [2.24, 2.45) is 11.7 Å². The quantitative estimate of drug-likeness (QED) is 0.544. The summed E-state index contributed by atoms with van der Waals surface area (Å²) in [5.74, 6) is 1.14. The van der Waals surface area contributed by atoms with Crippen LogP contribution in [0.4, 0.5) is 0 Å². The fraction of sp³-hybridized carbons (Fsp3) is 1.00. The summed E-state index contributed by atoms with van der Waals surface area (Å²) in [5.41, 5.74) is 5.43. The minimum atomic E-state index is 0.877. The highest BCUT2D eigenvalue weighted by atomic mass is 14.5. The maximum atomic E-state index is 5.43. The van der Waals surface area contributed by atoms with Crippen molar-refractivity contribution in [3.8, 4) is 0 Å². The molecule has 0 aliphatic heterocycles. The fourth-order valence-electron chi connectivity index (χ4n) is 1.87. The van der Waals surface area contributed by atoms with E-state index in [1.807, 2.05) is 0 Å². The van der Waals surface area contributed by atoms with Crippen molar-refractivity contribution < 1.29 is 0 Å². The van der Waals surface area contributed by atoms with Crippen LogP contribution in [-0.2, 0) is 0 Å². The van der Waals surface area contributed by atoms with Gasteiger partial charge in [-0.05, 0) is 18.9 Å². The molecule has 1 aliphatic rings. The Bertz CT molecular complexity index is 108. The van der Waals surface area contributed by atoms with E-state index in [0.717, 1.165) is 12.5 Å². The van der Waals surface area contributed by atoms with Crippen LogP contribution in [0.15, 0.2) is 0 Å². The van der Waals surface area contributed by atoms with E-state index < -0.39 is 0 Å². The van der Waals surface area contributed by atoms with Gasteiger partial charge in [0.25, 0.3) is 0 Å². The van der Waals surface area contributed by atoms with E-state index in [-0.39, 0.29) is 0 Å². The molecule has 13 heavy (non-hydrogen) atoms. The monoisotopic (exact) mass is 183 g/mol. The van der Waals surface area contributed by atoms with Crippen LogP contribution in [-0.4, -0.2) is 6.54 Å². The molecular formula is C12H25N. The zero-order valence-electron chi connectivity index (χ0n) is 8.93. The smallest absolute Gasteiger partial charge is 0.00773 e. The van der Waals surface area contributed by atoms with Crippen LogP contribution in [0.2, 0.25) is 0 Å². The minimum Gasteiger partial charge on any atom is -0.330 e. The van der Waals surface area contributed by atoms with Gasteiger partial charge in [0.15, 0.2) is 0 Å². The molecular weight excluding hydrogens is 158 g/mol. The molecule has 1 saturated carbocycles. The number of nitrogens with two attached hydrogens (primary N) is 1. The lowest BCUT2D eigenvalue weighted by atomic mass is 10.1. The molecule has 0 aromatic rings. The van der Waals surface area contributed by atoms with Crippen molar-refractivity contribution in [3.05, 3.63) is 0 Å². The first-order chi connectivity index (χ1) is 6.43. The van der Waals surface area contributed by atoms with Crippen molar-refractivity contribution in [1.29, 1.82) is 0 Å². The number of unbranched alkanes of at least 4 members (excludes halogenated alkanes) is 6. The van der Waals surface area contributed by atoms with Crippen LogP contribution in [0.3, 0.4) is 0 Å². The van der Waals surface area contributed by atoms with Gasteiger partial charge in [0.2, 0.25) is 0 Å². The van der Waals surface area contributed by atoms with Crippen molar-refractivity contribution in [2.75, 3.05) is 6.54 Å². The molecule has 0 bridgehead atoms. The lowest BCUT2D eigenvalue weighted by Crippen LogP contribution is -1.97. The second-order valence-electron chi connectivity index (χ2n) is 4.50. The zero-order valence-corrected chi connectivity index (χ0v) is 8.93. The Morgan fingerprint density at radius 3 is 1.85 bits per heavy atom. The average molecular weight is 183 g/mol. The highest BCUT2D eigenvalue weighted by Crippen LogP contribution is 2.34. The van der Waals surface area contributed by atoms with Crippen molar-refractivity contribution in [1.82, 2.24) is 0 Å². The second-order valence-corrected chi connectivity index (χ2v) is 4.50. The van der Waals surface area contributed by atoms with Crippen molar-refractivity contribution in [3.63, 3.8) is 0 Å². The van der Waals surface area contributed by atoms with E-state index in [9.17, 15) is 0 Å². The van der Waals surface area contributed by atoms with Crippen LogP contribution in [0, 0.1) is 5.92 Å². The normalized spacial score (nSPS) is 16.4. The van der Waals surface area contributed by atoms with Gasteiger partial charge < -0.3 is 5.73 Å².